The Labute approximate surface area is 49.5 Å². The first-order valence-corrected chi connectivity index (χ1v) is 3.06. The lowest BCUT2D eigenvalue weighted by Crippen LogP contribution is -2.44. The predicted octanol–water partition coefficient (Wildman–Crippen LogP) is 0.485. The van der Waals surface area contributed by atoms with Crippen molar-refractivity contribution in [2.24, 2.45) is 5.92 Å². The molecule has 0 aliphatic carbocycles. The van der Waals surface area contributed by atoms with Crippen LogP contribution < -0.4 is 0 Å². The summed E-state index contributed by atoms with van der Waals surface area (Å²) in [5, 5.41) is 0. The van der Waals surface area contributed by atoms with Gasteiger partial charge >= 0.3 is 0 Å². The summed E-state index contributed by atoms with van der Waals surface area (Å²) in [5.41, 5.74) is 0. The molecule has 1 fully saturated rings. The van der Waals surface area contributed by atoms with E-state index in [4.69, 9.17) is 0 Å². The molecule has 1 amide bonds. The van der Waals surface area contributed by atoms with E-state index in [1.54, 1.807) is 4.90 Å². The van der Waals surface area contributed by atoms with Crippen molar-refractivity contribution in [1.29, 1.82) is 0 Å². The highest BCUT2D eigenvalue weighted by Gasteiger charge is 2.22. The smallest absolute Gasteiger partial charge is 0.209 e. The SMILES string of the molecule is CCC1CN(C=O)C1. The number of carbonyl (C=O) groups is 1. The highest BCUT2D eigenvalue weighted by molar-refractivity contribution is 5.48. The molecule has 2 heteroatoms. The molecule has 1 heterocycles. The summed E-state index contributed by atoms with van der Waals surface area (Å²) >= 11 is 0. The van der Waals surface area contributed by atoms with Crippen LogP contribution in [0.2, 0.25) is 0 Å². The molecule has 0 atom stereocenters. The zero-order valence-corrected chi connectivity index (χ0v) is 5.13. The van der Waals surface area contributed by atoms with Crippen LogP contribution in [0.15, 0.2) is 0 Å². The molecular formula is C6H11NO. The summed E-state index contributed by atoms with van der Waals surface area (Å²) in [4.78, 5) is 11.8. The molecule has 46 valence electrons. The fourth-order valence-electron chi connectivity index (χ4n) is 0.954. The first kappa shape index (κ1) is 5.60. The molecule has 8 heavy (non-hydrogen) atoms. The number of hydrogen-bond donors (Lipinski definition) is 0. The molecule has 1 saturated heterocycles. The summed E-state index contributed by atoms with van der Waals surface area (Å²) in [7, 11) is 0. The van der Waals surface area contributed by atoms with E-state index in [0.717, 1.165) is 25.4 Å². The van der Waals surface area contributed by atoms with Crippen LogP contribution in [0.5, 0.6) is 0 Å². The van der Waals surface area contributed by atoms with E-state index in [-0.39, 0.29) is 0 Å². The van der Waals surface area contributed by atoms with Crippen LogP contribution in [0.4, 0.5) is 0 Å². The maximum absolute atomic E-state index is 9.97. The summed E-state index contributed by atoms with van der Waals surface area (Å²) in [6.07, 6.45) is 2.14. The second kappa shape index (κ2) is 2.16. The largest absolute Gasteiger partial charge is 0.345 e. The normalized spacial score (nSPS) is 20.4. The van der Waals surface area contributed by atoms with Crippen molar-refractivity contribution < 1.29 is 4.79 Å². The van der Waals surface area contributed by atoms with E-state index in [0.29, 0.717) is 0 Å². The summed E-state index contributed by atoms with van der Waals surface area (Å²) in [6.45, 7) is 4.13. The van der Waals surface area contributed by atoms with Crippen LogP contribution >= 0.6 is 0 Å². The van der Waals surface area contributed by atoms with Crippen LogP contribution in [0.1, 0.15) is 13.3 Å². The molecule has 1 aliphatic heterocycles. The summed E-state index contributed by atoms with van der Waals surface area (Å²) < 4.78 is 0. The van der Waals surface area contributed by atoms with Crippen LogP contribution in [-0.4, -0.2) is 24.4 Å². The van der Waals surface area contributed by atoms with Crippen LogP contribution in [0.3, 0.4) is 0 Å². The first-order valence-electron chi connectivity index (χ1n) is 3.06. The summed E-state index contributed by atoms with van der Waals surface area (Å²) in [6, 6.07) is 0. The van der Waals surface area contributed by atoms with Gasteiger partial charge in [-0.05, 0) is 12.3 Å². The van der Waals surface area contributed by atoms with Gasteiger partial charge in [-0.15, -0.1) is 0 Å². The number of amides is 1. The third-order valence-electron chi connectivity index (χ3n) is 1.71. The Morgan fingerprint density at radius 2 is 2.38 bits per heavy atom. The van der Waals surface area contributed by atoms with Crippen molar-refractivity contribution in [3.63, 3.8) is 0 Å². The first-order chi connectivity index (χ1) is 3.86. The zero-order chi connectivity index (χ0) is 5.98. The maximum Gasteiger partial charge on any atom is 0.209 e. The molecule has 1 rings (SSSR count). The minimum absolute atomic E-state index is 0.792. The summed E-state index contributed by atoms with van der Waals surface area (Å²) in [5.74, 6) is 0.792. The number of rotatable bonds is 2. The average Bonchev–Trinajstić information content (AvgIpc) is 1.65. The molecule has 0 spiro atoms. The van der Waals surface area contributed by atoms with Crippen LogP contribution in [-0.2, 0) is 4.79 Å². The molecule has 2 nitrogen and oxygen atoms in total. The Morgan fingerprint density at radius 1 is 1.75 bits per heavy atom. The lowest BCUT2D eigenvalue weighted by Gasteiger charge is -2.35. The van der Waals surface area contributed by atoms with Crippen molar-refractivity contribution in [3.8, 4) is 0 Å². The average molecular weight is 113 g/mol. The van der Waals surface area contributed by atoms with Gasteiger partial charge in [-0.2, -0.15) is 0 Å². The van der Waals surface area contributed by atoms with E-state index in [2.05, 4.69) is 6.92 Å². The molecule has 0 aromatic carbocycles. The van der Waals surface area contributed by atoms with E-state index in [1.165, 1.54) is 6.42 Å². The Kier molecular flexibility index (Phi) is 1.51. The lowest BCUT2D eigenvalue weighted by atomic mass is 9.99. The molecule has 1 aliphatic rings. The minimum Gasteiger partial charge on any atom is -0.345 e. The van der Waals surface area contributed by atoms with Crippen LogP contribution in [0, 0.1) is 5.92 Å². The van der Waals surface area contributed by atoms with Gasteiger partial charge in [0.15, 0.2) is 0 Å². The fourth-order valence-corrected chi connectivity index (χ4v) is 0.954. The van der Waals surface area contributed by atoms with Gasteiger partial charge in [0.05, 0.1) is 0 Å². The van der Waals surface area contributed by atoms with E-state index in [9.17, 15) is 4.79 Å². The molecule has 0 saturated carbocycles. The zero-order valence-electron chi connectivity index (χ0n) is 5.13. The van der Waals surface area contributed by atoms with Gasteiger partial charge in [0.2, 0.25) is 6.41 Å². The third-order valence-corrected chi connectivity index (χ3v) is 1.71. The Morgan fingerprint density at radius 3 is 2.75 bits per heavy atom. The van der Waals surface area contributed by atoms with Crippen molar-refractivity contribution >= 4 is 6.41 Å². The van der Waals surface area contributed by atoms with E-state index < -0.39 is 0 Å². The van der Waals surface area contributed by atoms with Crippen molar-refractivity contribution in [3.05, 3.63) is 0 Å². The van der Waals surface area contributed by atoms with Gasteiger partial charge < -0.3 is 4.90 Å². The van der Waals surface area contributed by atoms with Gasteiger partial charge in [-0.1, -0.05) is 6.92 Å². The Hall–Kier alpha value is -0.530. The lowest BCUT2D eigenvalue weighted by molar-refractivity contribution is -0.123. The monoisotopic (exact) mass is 113 g/mol. The molecule has 0 aromatic rings. The highest BCUT2D eigenvalue weighted by atomic mass is 16.1. The van der Waals surface area contributed by atoms with Gasteiger partial charge in [0.1, 0.15) is 0 Å². The van der Waals surface area contributed by atoms with Crippen molar-refractivity contribution in [1.82, 2.24) is 4.90 Å². The number of hydrogen-bond acceptors (Lipinski definition) is 1. The van der Waals surface area contributed by atoms with Crippen LogP contribution in [0.25, 0.3) is 0 Å². The number of carbonyl (C=O) groups excluding carboxylic acids is 1. The Bertz CT molecular complexity index is 86.5. The molecular weight excluding hydrogens is 102 g/mol. The molecule has 0 unspecified atom stereocenters. The topological polar surface area (TPSA) is 20.3 Å². The van der Waals surface area contributed by atoms with Crippen molar-refractivity contribution in [2.75, 3.05) is 13.1 Å². The second-order valence-corrected chi connectivity index (χ2v) is 2.33. The van der Waals surface area contributed by atoms with E-state index >= 15 is 0 Å². The maximum atomic E-state index is 9.97. The predicted molar refractivity (Wildman–Crippen MR) is 31.4 cm³/mol. The quantitative estimate of drug-likeness (QED) is 0.477. The minimum atomic E-state index is 0.792. The molecule has 0 aromatic heterocycles. The highest BCUT2D eigenvalue weighted by Crippen LogP contribution is 2.15. The van der Waals surface area contributed by atoms with Gasteiger partial charge in [-0.3, -0.25) is 4.79 Å². The van der Waals surface area contributed by atoms with Gasteiger partial charge in [-0.25, -0.2) is 0 Å². The van der Waals surface area contributed by atoms with Crippen molar-refractivity contribution in [2.45, 2.75) is 13.3 Å². The Balaban J connectivity index is 2.11. The standard InChI is InChI=1S/C6H11NO/c1-2-6-3-7(4-6)5-8/h5-6H,2-4H2,1H3. The number of likely N-dealkylation sites (tertiary alicyclic amines) is 1. The second-order valence-electron chi connectivity index (χ2n) is 2.33. The van der Waals surface area contributed by atoms with Gasteiger partial charge in [0.25, 0.3) is 0 Å². The molecule has 0 bridgehead atoms. The number of nitrogens with zero attached hydrogens (tertiary/aromatic N) is 1. The molecule has 0 N–H and O–H groups in total. The van der Waals surface area contributed by atoms with Gasteiger partial charge in [0, 0.05) is 13.1 Å². The fraction of sp³-hybridized carbons (Fsp3) is 0.833. The third kappa shape index (κ3) is 0.831. The van der Waals surface area contributed by atoms with E-state index in [1.807, 2.05) is 0 Å². The molecule has 0 radical (unpaired) electrons.